The monoisotopic (exact) mass is 174 g/mol. The van der Waals surface area contributed by atoms with Gasteiger partial charge in [0.05, 0.1) is 0 Å². The number of carbonyl (C=O) groups is 1. The molecule has 0 heterocycles. The molecule has 1 rings (SSSR count). The summed E-state index contributed by atoms with van der Waals surface area (Å²) in [6, 6.07) is 8.08. The Labute approximate surface area is 79.1 Å². The van der Waals surface area contributed by atoms with Crippen molar-refractivity contribution in [1.82, 2.24) is 0 Å². The molecule has 68 valence electrons. The fourth-order valence-corrected chi connectivity index (χ4v) is 1.25. The van der Waals surface area contributed by atoms with E-state index in [0.29, 0.717) is 6.42 Å². The van der Waals surface area contributed by atoms with Crippen molar-refractivity contribution >= 4 is 5.78 Å². The number of allylic oxidation sites excluding steroid dienone is 1. The molecule has 1 aromatic rings. The summed E-state index contributed by atoms with van der Waals surface area (Å²) >= 11 is 0. The second-order valence-corrected chi connectivity index (χ2v) is 3.19. The average Bonchev–Trinajstić information content (AvgIpc) is 2.08. The van der Waals surface area contributed by atoms with Gasteiger partial charge in [-0.3, -0.25) is 4.79 Å². The van der Waals surface area contributed by atoms with Crippen LogP contribution in [0.3, 0.4) is 0 Å². The predicted octanol–water partition coefficient (Wildman–Crippen LogP) is 2.55. The normalized spacial score (nSPS) is 9.62. The van der Waals surface area contributed by atoms with Gasteiger partial charge >= 0.3 is 0 Å². The van der Waals surface area contributed by atoms with E-state index in [1.54, 1.807) is 6.92 Å². The van der Waals surface area contributed by atoms with E-state index in [4.69, 9.17) is 0 Å². The third-order valence-corrected chi connectivity index (χ3v) is 1.86. The Morgan fingerprint density at radius 3 is 2.31 bits per heavy atom. The van der Waals surface area contributed by atoms with Gasteiger partial charge in [-0.05, 0) is 24.5 Å². The summed E-state index contributed by atoms with van der Waals surface area (Å²) in [5.74, 6) is 0.205. The fraction of sp³-hybridized carbons (Fsp3) is 0.250. The highest BCUT2D eigenvalue weighted by Crippen LogP contribution is 2.06. The zero-order valence-electron chi connectivity index (χ0n) is 7.92. The molecule has 0 unspecified atom stereocenters. The Morgan fingerprint density at radius 2 is 1.85 bits per heavy atom. The maximum atomic E-state index is 10.8. The Kier molecular flexibility index (Phi) is 3.44. The summed E-state index contributed by atoms with van der Waals surface area (Å²) in [6.07, 6.45) is 3.30. The SMILES string of the molecule is C=CCc1ccc(CC(C)=O)cc1. The average molecular weight is 174 g/mol. The first-order valence-electron chi connectivity index (χ1n) is 4.40. The lowest BCUT2D eigenvalue weighted by molar-refractivity contribution is -0.116. The van der Waals surface area contributed by atoms with Crippen LogP contribution in [0.4, 0.5) is 0 Å². The lowest BCUT2D eigenvalue weighted by Crippen LogP contribution is -1.95. The third kappa shape index (κ3) is 3.24. The Morgan fingerprint density at radius 1 is 1.31 bits per heavy atom. The van der Waals surface area contributed by atoms with Gasteiger partial charge in [0.1, 0.15) is 5.78 Å². The van der Waals surface area contributed by atoms with Crippen LogP contribution in [0.15, 0.2) is 36.9 Å². The molecule has 0 aliphatic carbocycles. The molecule has 0 amide bonds. The van der Waals surface area contributed by atoms with Crippen LogP contribution in [0.5, 0.6) is 0 Å². The summed E-state index contributed by atoms with van der Waals surface area (Å²) < 4.78 is 0. The highest BCUT2D eigenvalue weighted by Gasteiger charge is 1.96. The number of benzene rings is 1. The number of hydrogen-bond acceptors (Lipinski definition) is 1. The molecular formula is C12H14O. The van der Waals surface area contributed by atoms with E-state index >= 15 is 0 Å². The first-order valence-corrected chi connectivity index (χ1v) is 4.40. The van der Waals surface area contributed by atoms with Crippen LogP contribution in [0.1, 0.15) is 18.1 Å². The van der Waals surface area contributed by atoms with Crippen LogP contribution in [0, 0.1) is 0 Å². The molecule has 0 spiro atoms. The zero-order valence-corrected chi connectivity index (χ0v) is 7.92. The van der Waals surface area contributed by atoms with E-state index < -0.39 is 0 Å². The molecule has 13 heavy (non-hydrogen) atoms. The van der Waals surface area contributed by atoms with Gasteiger partial charge in [0.25, 0.3) is 0 Å². The van der Waals surface area contributed by atoms with Crippen molar-refractivity contribution in [3.63, 3.8) is 0 Å². The highest BCUT2D eigenvalue weighted by atomic mass is 16.1. The number of carbonyl (C=O) groups excluding carboxylic acids is 1. The predicted molar refractivity (Wildman–Crippen MR) is 54.7 cm³/mol. The molecule has 1 nitrogen and oxygen atoms in total. The van der Waals surface area contributed by atoms with Gasteiger partial charge in [-0.25, -0.2) is 0 Å². The lowest BCUT2D eigenvalue weighted by atomic mass is 10.1. The van der Waals surface area contributed by atoms with Crippen LogP contribution in [0.2, 0.25) is 0 Å². The molecular weight excluding hydrogens is 160 g/mol. The maximum absolute atomic E-state index is 10.8. The zero-order chi connectivity index (χ0) is 9.68. The number of hydrogen-bond donors (Lipinski definition) is 0. The Bertz CT molecular complexity index is 295. The fourth-order valence-electron chi connectivity index (χ4n) is 1.25. The molecule has 0 fully saturated rings. The highest BCUT2D eigenvalue weighted by molar-refractivity contribution is 5.78. The molecule has 0 aliphatic heterocycles. The summed E-state index contributed by atoms with van der Waals surface area (Å²) in [6.45, 7) is 5.28. The van der Waals surface area contributed by atoms with Crippen LogP contribution in [0.25, 0.3) is 0 Å². The molecule has 0 aromatic heterocycles. The molecule has 0 saturated carbocycles. The summed E-state index contributed by atoms with van der Waals surface area (Å²) in [5.41, 5.74) is 2.32. The summed E-state index contributed by atoms with van der Waals surface area (Å²) in [5, 5.41) is 0. The van der Waals surface area contributed by atoms with Crippen molar-refractivity contribution in [2.45, 2.75) is 19.8 Å². The summed E-state index contributed by atoms with van der Waals surface area (Å²) in [7, 11) is 0. The van der Waals surface area contributed by atoms with Crippen LogP contribution < -0.4 is 0 Å². The smallest absolute Gasteiger partial charge is 0.134 e. The second-order valence-electron chi connectivity index (χ2n) is 3.19. The van der Waals surface area contributed by atoms with Gasteiger partial charge in [-0.1, -0.05) is 30.3 Å². The first kappa shape index (κ1) is 9.72. The van der Waals surface area contributed by atoms with E-state index in [1.807, 2.05) is 30.3 Å². The topological polar surface area (TPSA) is 17.1 Å². The standard InChI is InChI=1S/C12H14O/c1-3-4-11-5-7-12(8-6-11)9-10(2)13/h3,5-8H,1,4,9H2,2H3. The van der Waals surface area contributed by atoms with Crippen molar-refractivity contribution in [2.75, 3.05) is 0 Å². The van der Waals surface area contributed by atoms with Crippen LogP contribution in [-0.4, -0.2) is 5.78 Å². The van der Waals surface area contributed by atoms with Gasteiger partial charge < -0.3 is 0 Å². The van der Waals surface area contributed by atoms with Gasteiger partial charge in [0.2, 0.25) is 0 Å². The lowest BCUT2D eigenvalue weighted by Gasteiger charge is -1.99. The van der Waals surface area contributed by atoms with Gasteiger partial charge in [0.15, 0.2) is 0 Å². The van der Waals surface area contributed by atoms with Crippen molar-refractivity contribution in [1.29, 1.82) is 0 Å². The molecule has 1 heteroatoms. The third-order valence-electron chi connectivity index (χ3n) is 1.86. The maximum Gasteiger partial charge on any atom is 0.134 e. The largest absolute Gasteiger partial charge is 0.300 e. The van der Waals surface area contributed by atoms with Gasteiger partial charge in [-0.15, -0.1) is 6.58 Å². The minimum atomic E-state index is 0.205. The van der Waals surface area contributed by atoms with Crippen molar-refractivity contribution < 1.29 is 4.79 Å². The van der Waals surface area contributed by atoms with E-state index in [9.17, 15) is 4.79 Å². The van der Waals surface area contributed by atoms with Crippen molar-refractivity contribution in [2.24, 2.45) is 0 Å². The molecule has 0 bridgehead atoms. The molecule has 1 aromatic carbocycles. The Hall–Kier alpha value is -1.37. The minimum Gasteiger partial charge on any atom is -0.300 e. The molecule has 0 saturated heterocycles. The van der Waals surface area contributed by atoms with Crippen molar-refractivity contribution in [3.05, 3.63) is 48.0 Å². The van der Waals surface area contributed by atoms with Gasteiger partial charge in [-0.2, -0.15) is 0 Å². The molecule has 0 atom stereocenters. The van der Waals surface area contributed by atoms with E-state index in [1.165, 1.54) is 5.56 Å². The number of Topliss-reactive ketones (excluding diaryl/α,β-unsaturated/α-hetero) is 1. The summed E-state index contributed by atoms with van der Waals surface area (Å²) in [4.78, 5) is 10.8. The van der Waals surface area contributed by atoms with Gasteiger partial charge in [0, 0.05) is 6.42 Å². The minimum absolute atomic E-state index is 0.205. The number of ketones is 1. The second kappa shape index (κ2) is 4.61. The Balaban J connectivity index is 2.69. The van der Waals surface area contributed by atoms with E-state index in [-0.39, 0.29) is 5.78 Å². The quantitative estimate of drug-likeness (QED) is 0.641. The molecule has 0 N–H and O–H groups in total. The molecule has 0 radical (unpaired) electrons. The van der Waals surface area contributed by atoms with E-state index in [0.717, 1.165) is 12.0 Å². The number of rotatable bonds is 4. The van der Waals surface area contributed by atoms with E-state index in [2.05, 4.69) is 6.58 Å². The molecule has 0 aliphatic rings. The van der Waals surface area contributed by atoms with Crippen molar-refractivity contribution in [3.8, 4) is 0 Å². The van der Waals surface area contributed by atoms with Crippen LogP contribution in [-0.2, 0) is 17.6 Å². The first-order chi connectivity index (χ1) is 6.22. The van der Waals surface area contributed by atoms with Crippen LogP contribution >= 0.6 is 0 Å².